The first-order valence-electron chi connectivity index (χ1n) is 9.44. The van der Waals surface area contributed by atoms with Gasteiger partial charge in [0, 0.05) is 4.47 Å². The van der Waals surface area contributed by atoms with Crippen molar-refractivity contribution in [2.75, 3.05) is 6.79 Å². The van der Waals surface area contributed by atoms with Crippen molar-refractivity contribution in [2.24, 2.45) is 5.10 Å². The summed E-state index contributed by atoms with van der Waals surface area (Å²) < 4.78 is 18.3. The van der Waals surface area contributed by atoms with E-state index in [1.807, 2.05) is 48.5 Å². The van der Waals surface area contributed by atoms with Crippen molar-refractivity contribution in [2.45, 2.75) is 13.0 Å². The van der Waals surface area contributed by atoms with Crippen LogP contribution in [0.25, 0.3) is 0 Å². The Balaban J connectivity index is 1.29. The van der Waals surface area contributed by atoms with E-state index in [0.717, 1.165) is 31.4 Å². The van der Waals surface area contributed by atoms with Gasteiger partial charge < -0.3 is 14.2 Å². The molecule has 1 aliphatic rings. The van der Waals surface area contributed by atoms with Crippen molar-refractivity contribution in [1.29, 1.82) is 0 Å². The second-order valence-electron chi connectivity index (χ2n) is 6.76. The number of halogens is 2. The van der Waals surface area contributed by atoms with Crippen LogP contribution >= 0.6 is 31.9 Å². The summed E-state index contributed by atoms with van der Waals surface area (Å²) in [6.45, 7) is 0.675. The smallest absolute Gasteiger partial charge is 0.244 e. The number of hydrogen-bond donors (Lipinski definition) is 1. The lowest BCUT2D eigenvalue weighted by atomic mass is 10.1. The Labute approximate surface area is 196 Å². The molecule has 1 amide bonds. The summed E-state index contributed by atoms with van der Waals surface area (Å²) in [6.07, 6.45) is 1.78. The Hall–Kier alpha value is -2.84. The molecule has 1 heterocycles. The number of benzene rings is 3. The van der Waals surface area contributed by atoms with Gasteiger partial charge in [-0.1, -0.05) is 34.1 Å². The van der Waals surface area contributed by atoms with E-state index in [4.69, 9.17) is 14.2 Å². The van der Waals surface area contributed by atoms with Gasteiger partial charge in [0.15, 0.2) is 11.5 Å². The molecule has 0 radical (unpaired) electrons. The average molecular weight is 546 g/mol. The lowest BCUT2D eigenvalue weighted by molar-refractivity contribution is -0.120. The molecule has 0 aliphatic carbocycles. The SMILES string of the molecule is O=C(Cc1ccc2c(c1)OCO2)N/N=C\c1ccc(OCc2ccc(Br)cc2)c(Br)c1. The van der Waals surface area contributed by atoms with E-state index in [1.165, 1.54) is 0 Å². The van der Waals surface area contributed by atoms with Gasteiger partial charge in [-0.25, -0.2) is 5.43 Å². The summed E-state index contributed by atoms with van der Waals surface area (Å²) in [4.78, 5) is 12.1. The molecule has 158 valence electrons. The standard InChI is InChI=1S/C23H18Br2N2O4/c24-18-5-1-15(2-6-18)13-29-20-7-4-17(9-19(20)25)12-26-27-23(28)11-16-3-8-21-22(10-16)31-14-30-21/h1-10,12H,11,13-14H2,(H,27,28)/b26-12-. The number of ether oxygens (including phenoxy) is 3. The zero-order valence-electron chi connectivity index (χ0n) is 16.3. The van der Waals surface area contributed by atoms with Gasteiger partial charge >= 0.3 is 0 Å². The molecule has 31 heavy (non-hydrogen) atoms. The van der Waals surface area contributed by atoms with Crippen LogP contribution in [0.4, 0.5) is 0 Å². The molecule has 0 saturated heterocycles. The van der Waals surface area contributed by atoms with Crippen molar-refractivity contribution in [3.8, 4) is 17.2 Å². The van der Waals surface area contributed by atoms with Crippen LogP contribution in [0.2, 0.25) is 0 Å². The number of hydrogen-bond acceptors (Lipinski definition) is 5. The van der Waals surface area contributed by atoms with E-state index in [1.54, 1.807) is 18.3 Å². The number of rotatable bonds is 7. The highest BCUT2D eigenvalue weighted by Gasteiger charge is 2.14. The second kappa shape index (κ2) is 9.98. The van der Waals surface area contributed by atoms with Crippen LogP contribution in [0.3, 0.4) is 0 Å². The van der Waals surface area contributed by atoms with Gasteiger partial charge in [-0.3, -0.25) is 4.79 Å². The van der Waals surface area contributed by atoms with Crippen LogP contribution in [0.5, 0.6) is 17.2 Å². The summed E-state index contributed by atoms with van der Waals surface area (Å²) in [6, 6.07) is 19.0. The number of amides is 1. The average Bonchev–Trinajstić information content (AvgIpc) is 3.22. The third-order valence-electron chi connectivity index (χ3n) is 4.47. The third kappa shape index (κ3) is 5.86. The summed E-state index contributed by atoms with van der Waals surface area (Å²) >= 11 is 6.94. The van der Waals surface area contributed by atoms with Gasteiger partial charge in [-0.05, 0) is 75.1 Å². The van der Waals surface area contributed by atoms with E-state index in [9.17, 15) is 4.79 Å². The normalized spacial score (nSPS) is 12.2. The number of nitrogens with zero attached hydrogens (tertiary/aromatic N) is 1. The number of hydrazone groups is 1. The van der Waals surface area contributed by atoms with E-state index in [0.29, 0.717) is 18.1 Å². The summed E-state index contributed by atoms with van der Waals surface area (Å²) in [5, 5.41) is 4.04. The highest BCUT2D eigenvalue weighted by Crippen LogP contribution is 2.32. The Bertz CT molecular complexity index is 1120. The lowest BCUT2D eigenvalue weighted by Crippen LogP contribution is -2.19. The molecule has 1 N–H and O–H groups in total. The molecule has 4 rings (SSSR count). The van der Waals surface area contributed by atoms with E-state index in [-0.39, 0.29) is 19.1 Å². The number of nitrogens with one attached hydrogen (secondary N) is 1. The predicted molar refractivity (Wildman–Crippen MR) is 125 cm³/mol. The number of fused-ring (bicyclic) bond motifs is 1. The predicted octanol–water partition coefficient (Wildman–Crippen LogP) is 5.21. The zero-order chi connectivity index (χ0) is 21.6. The number of carbonyl (C=O) groups excluding carboxylic acids is 1. The third-order valence-corrected chi connectivity index (χ3v) is 5.62. The van der Waals surface area contributed by atoms with Crippen LogP contribution in [0.1, 0.15) is 16.7 Å². The minimum absolute atomic E-state index is 0.195. The molecule has 0 unspecified atom stereocenters. The highest BCUT2D eigenvalue weighted by atomic mass is 79.9. The van der Waals surface area contributed by atoms with Crippen LogP contribution in [-0.4, -0.2) is 18.9 Å². The van der Waals surface area contributed by atoms with Gasteiger partial charge in [0.2, 0.25) is 12.7 Å². The fourth-order valence-electron chi connectivity index (χ4n) is 2.91. The molecule has 0 bridgehead atoms. The van der Waals surface area contributed by atoms with Crippen molar-refractivity contribution >= 4 is 44.0 Å². The maximum Gasteiger partial charge on any atom is 0.244 e. The van der Waals surface area contributed by atoms with E-state index in [2.05, 4.69) is 42.4 Å². The molecule has 3 aromatic rings. The molecular weight excluding hydrogens is 528 g/mol. The maximum absolute atomic E-state index is 12.1. The van der Waals surface area contributed by atoms with Gasteiger partial charge in [-0.2, -0.15) is 5.10 Å². The molecule has 0 spiro atoms. The van der Waals surface area contributed by atoms with Crippen molar-refractivity contribution in [3.63, 3.8) is 0 Å². The highest BCUT2D eigenvalue weighted by molar-refractivity contribution is 9.10. The van der Waals surface area contributed by atoms with Crippen LogP contribution in [-0.2, 0) is 17.8 Å². The summed E-state index contributed by atoms with van der Waals surface area (Å²) in [5.74, 6) is 1.86. The Morgan fingerprint density at radius 3 is 2.58 bits per heavy atom. The molecule has 1 aliphatic heterocycles. The fraction of sp³-hybridized carbons (Fsp3) is 0.130. The van der Waals surface area contributed by atoms with Gasteiger partial charge in [0.25, 0.3) is 0 Å². The van der Waals surface area contributed by atoms with Crippen molar-refractivity contribution in [3.05, 3.63) is 86.3 Å². The second-order valence-corrected chi connectivity index (χ2v) is 8.53. The Morgan fingerprint density at radius 1 is 1.00 bits per heavy atom. The fourth-order valence-corrected chi connectivity index (χ4v) is 3.69. The topological polar surface area (TPSA) is 69.2 Å². The van der Waals surface area contributed by atoms with Crippen LogP contribution in [0.15, 0.2) is 74.7 Å². The van der Waals surface area contributed by atoms with Crippen LogP contribution in [0, 0.1) is 0 Å². The molecule has 0 saturated carbocycles. The first-order valence-corrected chi connectivity index (χ1v) is 11.0. The Morgan fingerprint density at radius 2 is 1.77 bits per heavy atom. The van der Waals surface area contributed by atoms with Gasteiger partial charge in [0.05, 0.1) is 17.1 Å². The molecule has 3 aromatic carbocycles. The molecular formula is C23H18Br2N2O4. The monoisotopic (exact) mass is 544 g/mol. The van der Waals surface area contributed by atoms with E-state index < -0.39 is 0 Å². The first-order chi connectivity index (χ1) is 15.1. The van der Waals surface area contributed by atoms with E-state index >= 15 is 0 Å². The zero-order valence-corrected chi connectivity index (χ0v) is 19.5. The maximum atomic E-state index is 12.1. The molecule has 6 nitrogen and oxygen atoms in total. The lowest BCUT2D eigenvalue weighted by Gasteiger charge is -2.09. The van der Waals surface area contributed by atoms with Crippen molar-refractivity contribution < 1.29 is 19.0 Å². The minimum atomic E-state index is -0.219. The quantitative estimate of drug-likeness (QED) is 0.327. The number of carbonyl (C=O) groups is 1. The largest absolute Gasteiger partial charge is 0.488 e. The molecule has 0 fully saturated rings. The molecule has 0 atom stereocenters. The molecule has 0 aromatic heterocycles. The molecule has 8 heteroatoms. The van der Waals surface area contributed by atoms with Gasteiger partial charge in [-0.15, -0.1) is 0 Å². The minimum Gasteiger partial charge on any atom is -0.488 e. The summed E-state index contributed by atoms with van der Waals surface area (Å²) in [7, 11) is 0. The Kier molecular flexibility index (Phi) is 6.89. The van der Waals surface area contributed by atoms with Gasteiger partial charge in [0.1, 0.15) is 12.4 Å². The summed E-state index contributed by atoms with van der Waals surface area (Å²) in [5.41, 5.74) is 5.27. The first kappa shape index (κ1) is 21.4. The van der Waals surface area contributed by atoms with Crippen molar-refractivity contribution in [1.82, 2.24) is 5.43 Å². The van der Waals surface area contributed by atoms with Crippen LogP contribution < -0.4 is 19.6 Å².